The number of hydrogen-bond donors (Lipinski definition) is 0. The molecule has 0 aromatic heterocycles. The monoisotopic (exact) mass is 247 g/mol. The van der Waals surface area contributed by atoms with E-state index in [4.69, 9.17) is 4.74 Å². The fourth-order valence-electron chi connectivity index (χ4n) is 2.42. The summed E-state index contributed by atoms with van der Waals surface area (Å²) in [7, 11) is 0. The van der Waals surface area contributed by atoms with E-state index in [0.717, 1.165) is 24.4 Å². The summed E-state index contributed by atoms with van der Waals surface area (Å²) in [6.07, 6.45) is 2.42. The lowest BCUT2D eigenvalue weighted by molar-refractivity contribution is 0.0867. The quantitative estimate of drug-likeness (QED) is 0.749. The highest BCUT2D eigenvalue weighted by Gasteiger charge is 2.24. The lowest BCUT2D eigenvalue weighted by atomic mass is 10.0. The van der Waals surface area contributed by atoms with Crippen molar-refractivity contribution in [1.82, 2.24) is 4.90 Å². The molecule has 0 aliphatic carbocycles. The summed E-state index contributed by atoms with van der Waals surface area (Å²) < 4.78 is 5.38. The van der Waals surface area contributed by atoms with Gasteiger partial charge in [-0.2, -0.15) is 0 Å². The van der Waals surface area contributed by atoms with Gasteiger partial charge in [0, 0.05) is 5.56 Å². The molecule has 0 saturated carbocycles. The van der Waals surface area contributed by atoms with Gasteiger partial charge in [-0.3, -0.25) is 9.69 Å². The van der Waals surface area contributed by atoms with Crippen molar-refractivity contribution in [1.29, 1.82) is 0 Å². The van der Waals surface area contributed by atoms with Crippen molar-refractivity contribution in [2.75, 3.05) is 19.7 Å². The molecule has 0 amide bonds. The Bertz CT molecular complexity index is 393. The molecule has 0 radical (unpaired) electrons. The third kappa shape index (κ3) is 2.91. The first-order valence-corrected chi connectivity index (χ1v) is 6.73. The molecule has 1 aliphatic heterocycles. The van der Waals surface area contributed by atoms with Gasteiger partial charge in [-0.1, -0.05) is 0 Å². The largest absolute Gasteiger partial charge is 0.494 e. The number of ether oxygens (including phenoxy) is 1. The summed E-state index contributed by atoms with van der Waals surface area (Å²) in [5, 5.41) is 0. The third-order valence-corrected chi connectivity index (χ3v) is 3.52. The van der Waals surface area contributed by atoms with E-state index in [-0.39, 0.29) is 11.8 Å². The molecule has 1 aromatic rings. The summed E-state index contributed by atoms with van der Waals surface area (Å²) in [5.74, 6) is 1.03. The topological polar surface area (TPSA) is 29.5 Å². The molecule has 0 spiro atoms. The number of hydrogen-bond acceptors (Lipinski definition) is 3. The minimum atomic E-state index is -0.00885. The minimum Gasteiger partial charge on any atom is -0.494 e. The molecule has 18 heavy (non-hydrogen) atoms. The molecule has 1 atom stereocenters. The third-order valence-electron chi connectivity index (χ3n) is 3.52. The Morgan fingerprint density at radius 1 is 1.28 bits per heavy atom. The fraction of sp³-hybridized carbons (Fsp3) is 0.533. The van der Waals surface area contributed by atoms with Crippen LogP contribution in [-0.4, -0.2) is 36.4 Å². The van der Waals surface area contributed by atoms with Gasteiger partial charge < -0.3 is 4.74 Å². The van der Waals surface area contributed by atoms with Crippen LogP contribution in [0.25, 0.3) is 0 Å². The molecule has 2 rings (SSSR count). The van der Waals surface area contributed by atoms with Crippen molar-refractivity contribution >= 4 is 5.78 Å². The molecule has 98 valence electrons. The first-order valence-electron chi connectivity index (χ1n) is 6.73. The van der Waals surface area contributed by atoms with Gasteiger partial charge in [0.2, 0.25) is 0 Å². The molecular formula is C15H21NO2. The van der Waals surface area contributed by atoms with Crippen LogP contribution in [0.5, 0.6) is 5.75 Å². The van der Waals surface area contributed by atoms with E-state index in [9.17, 15) is 4.79 Å². The van der Waals surface area contributed by atoms with Gasteiger partial charge in [-0.15, -0.1) is 0 Å². The average Bonchev–Trinajstić information content (AvgIpc) is 2.92. The Labute approximate surface area is 109 Å². The number of nitrogens with zero attached hydrogens (tertiary/aromatic N) is 1. The van der Waals surface area contributed by atoms with Crippen molar-refractivity contribution in [3.63, 3.8) is 0 Å². The molecular weight excluding hydrogens is 226 g/mol. The van der Waals surface area contributed by atoms with Crippen LogP contribution < -0.4 is 4.74 Å². The van der Waals surface area contributed by atoms with E-state index < -0.39 is 0 Å². The maximum Gasteiger partial charge on any atom is 0.179 e. The first-order chi connectivity index (χ1) is 8.72. The highest BCUT2D eigenvalue weighted by molar-refractivity contribution is 5.99. The maximum atomic E-state index is 12.3. The Balaban J connectivity index is 2.03. The molecule has 0 unspecified atom stereocenters. The van der Waals surface area contributed by atoms with Gasteiger partial charge in [-0.05, 0) is 64.0 Å². The summed E-state index contributed by atoms with van der Waals surface area (Å²) in [5.41, 5.74) is 0.776. The fourth-order valence-corrected chi connectivity index (χ4v) is 2.42. The number of ketones is 1. The zero-order valence-electron chi connectivity index (χ0n) is 11.2. The van der Waals surface area contributed by atoms with E-state index in [0.29, 0.717) is 6.61 Å². The van der Waals surface area contributed by atoms with Crippen LogP contribution in [0.1, 0.15) is 37.0 Å². The second-order valence-corrected chi connectivity index (χ2v) is 4.74. The van der Waals surface area contributed by atoms with E-state index in [1.807, 2.05) is 38.1 Å². The molecule has 1 aromatic carbocycles. The Kier molecular flexibility index (Phi) is 4.37. The van der Waals surface area contributed by atoms with E-state index in [1.165, 1.54) is 12.8 Å². The van der Waals surface area contributed by atoms with Gasteiger partial charge in [0.25, 0.3) is 0 Å². The van der Waals surface area contributed by atoms with Gasteiger partial charge in [0.05, 0.1) is 12.6 Å². The molecule has 0 N–H and O–H groups in total. The van der Waals surface area contributed by atoms with Gasteiger partial charge in [-0.25, -0.2) is 0 Å². The predicted molar refractivity (Wildman–Crippen MR) is 72.2 cm³/mol. The Morgan fingerprint density at radius 3 is 2.44 bits per heavy atom. The smallest absolute Gasteiger partial charge is 0.179 e. The van der Waals surface area contributed by atoms with E-state index >= 15 is 0 Å². The van der Waals surface area contributed by atoms with Crippen molar-refractivity contribution in [3.05, 3.63) is 29.8 Å². The van der Waals surface area contributed by atoms with Gasteiger partial charge in [0.1, 0.15) is 5.75 Å². The number of likely N-dealkylation sites (tertiary alicyclic amines) is 1. The molecule has 3 heteroatoms. The van der Waals surface area contributed by atoms with Crippen molar-refractivity contribution in [3.8, 4) is 5.75 Å². The normalized spacial score (nSPS) is 17.7. The average molecular weight is 247 g/mol. The standard InChI is InChI=1S/C15H21NO2/c1-3-18-14-8-6-13(7-9-14)15(17)12(2)16-10-4-5-11-16/h6-9,12H,3-5,10-11H2,1-2H3/t12-/m1/s1. The molecule has 0 bridgehead atoms. The molecule has 1 heterocycles. The number of carbonyl (C=O) groups is 1. The van der Waals surface area contributed by atoms with Crippen molar-refractivity contribution < 1.29 is 9.53 Å². The summed E-state index contributed by atoms with van der Waals surface area (Å²) >= 11 is 0. The summed E-state index contributed by atoms with van der Waals surface area (Å²) in [6, 6.07) is 7.45. The van der Waals surface area contributed by atoms with Crippen LogP contribution in [0, 0.1) is 0 Å². The van der Waals surface area contributed by atoms with Crippen LogP contribution in [0.4, 0.5) is 0 Å². The lowest BCUT2D eigenvalue weighted by Gasteiger charge is -2.22. The summed E-state index contributed by atoms with van der Waals surface area (Å²) in [6.45, 7) is 6.70. The van der Waals surface area contributed by atoms with Crippen LogP contribution in [0.2, 0.25) is 0 Å². The summed E-state index contributed by atoms with van der Waals surface area (Å²) in [4.78, 5) is 14.6. The maximum absolute atomic E-state index is 12.3. The first kappa shape index (κ1) is 13.1. The molecule has 1 aliphatic rings. The SMILES string of the molecule is CCOc1ccc(C(=O)[C@@H](C)N2CCCC2)cc1. The van der Waals surface area contributed by atoms with E-state index in [2.05, 4.69) is 4.90 Å². The zero-order chi connectivity index (χ0) is 13.0. The predicted octanol–water partition coefficient (Wildman–Crippen LogP) is 2.75. The van der Waals surface area contributed by atoms with Crippen LogP contribution in [0.15, 0.2) is 24.3 Å². The van der Waals surface area contributed by atoms with E-state index in [1.54, 1.807) is 0 Å². The van der Waals surface area contributed by atoms with Gasteiger partial charge in [0.15, 0.2) is 5.78 Å². The van der Waals surface area contributed by atoms with Crippen molar-refractivity contribution in [2.45, 2.75) is 32.7 Å². The number of rotatable bonds is 5. The van der Waals surface area contributed by atoms with Crippen LogP contribution in [0.3, 0.4) is 0 Å². The number of carbonyl (C=O) groups excluding carboxylic acids is 1. The van der Waals surface area contributed by atoms with Crippen LogP contribution in [-0.2, 0) is 0 Å². The molecule has 1 saturated heterocycles. The van der Waals surface area contributed by atoms with Crippen molar-refractivity contribution in [2.24, 2.45) is 0 Å². The number of Topliss-reactive ketones (excluding diaryl/α,β-unsaturated/α-hetero) is 1. The highest BCUT2D eigenvalue weighted by Crippen LogP contribution is 2.18. The highest BCUT2D eigenvalue weighted by atomic mass is 16.5. The Morgan fingerprint density at radius 2 is 1.89 bits per heavy atom. The Hall–Kier alpha value is -1.35. The van der Waals surface area contributed by atoms with Crippen LogP contribution >= 0.6 is 0 Å². The second kappa shape index (κ2) is 6.01. The minimum absolute atomic E-state index is 0.00885. The lowest BCUT2D eigenvalue weighted by Crippen LogP contribution is -2.36. The zero-order valence-corrected chi connectivity index (χ0v) is 11.2. The van der Waals surface area contributed by atoms with Gasteiger partial charge >= 0.3 is 0 Å². The molecule has 1 fully saturated rings. The number of benzene rings is 1. The second-order valence-electron chi connectivity index (χ2n) is 4.74. The molecule has 3 nitrogen and oxygen atoms in total.